The molecule has 1 atom stereocenters. The Morgan fingerprint density at radius 1 is 1.24 bits per heavy atom. The summed E-state index contributed by atoms with van der Waals surface area (Å²) in [6.45, 7) is 3.34. The molecule has 0 radical (unpaired) electrons. The van der Waals surface area contributed by atoms with Crippen molar-refractivity contribution >= 4 is 29.5 Å². The average molecular weight is 364 g/mol. The molecule has 7 heteroatoms. The van der Waals surface area contributed by atoms with E-state index in [4.69, 9.17) is 5.11 Å². The Kier molecular flexibility index (Phi) is 6.87. The van der Waals surface area contributed by atoms with Gasteiger partial charge in [0.05, 0.1) is 17.2 Å². The lowest BCUT2D eigenvalue weighted by molar-refractivity contribution is -0.141. The molecular formula is C18H24N2O4S. The van der Waals surface area contributed by atoms with E-state index >= 15 is 0 Å². The zero-order chi connectivity index (χ0) is 18.4. The first-order valence-corrected chi connectivity index (χ1v) is 9.36. The van der Waals surface area contributed by atoms with Crippen LogP contribution in [-0.4, -0.2) is 65.1 Å². The van der Waals surface area contributed by atoms with E-state index in [0.29, 0.717) is 11.3 Å². The van der Waals surface area contributed by atoms with Gasteiger partial charge in [-0.1, -0.05) is 19.1 Å². The highest BCUT2D eigenvalue weighted by molar-refractivity contribution is 8.00. The lowest BCUT2D eigenvalue weighted by atomic mass is 10.1. The number of benzene rings is 1. The summed E-state index contributed by atoms with van der Waals surface area (Å²) in [7, 11) is 1.60. The van der Waals surface area contributed by atoms with E-state index in [-0.39, 0.29) is 18.4 Å². The Hall–Kier alpha value is -2.02. The molecule has 0 aliphatic carbocycles. The second kappa shape index (κ2) is 8.89. The summed E-state index contributed by atoms with van der Waals surface area (Å²) in [6, 6.07) is 7.14. The molecule has 1 saturated heterocycles. The highest BCUT2D eigenvalue weighted by Crippen LogP contribution is 2.25. The van der Waals surface area contributed by atoms with Crippen LogP contribution in [0.4, 0.5) is 0 Å². The highest BCUT2D eigenvalue weighted by atomic mass is 32.2. The fourth-order valence-electron chi connectivity index (χ4n) is 2.74. The van der Waals surface area contributed by atoms with Gasteiger partial charge < -0.3 is 14.9 Å². The molecule has 1 aromatic rings. The van der Waals surface area contributed by atoms with Gasteiger partial charge >= 0.3 is 5.97 Å². The summed E-state index contributed by atoms with van der Waals surface area (Å²) in [5.41, 5.74) is 0.502. The number of hydrogen-bond acceptors (Lipinski definition) is 4. The molecule has 1 fully saturated rings. The van der Waals surface area contributed by atoms with Gasteiger partial charge in [0.15, 0.2) is 0 Å². The first-order valence-electron chi connectivity index (χ1n) is 8.38. The van der Waals surface area contributed by atoms with Crippen molar-refractivity contribution in [2.75, 3.05) is 32.4 Å². The van der Waals surface area contributed by atoms with Gasteiger partial charge in [-0.15, -0.1) is 11.8 Å². The van der Waals surface area contributed by atoms with Gasteiger partial charge in [-0.3, -0.25) is 14.4 Å². The van der Waals surface area contributed by atoms with Crippen LogP contribution in [0, 0.1) is 5.92 Å². The fourth-order valence-corrected chi connectivity index (χ4v) is 3.69. The third-order valence-corrected chi connectivity index (χ3v) is 5.30. The number of carbonyl (C=O) groups is 3. The maximum absolute atomic E-state index is 12.6. The maximum atomic E-state index is 12.6. The molecule has 1 N–H and O–H groups in total. The van der Waals surface area contributed by atoms with E-state index in [9.17, 15) is 14.4 Å². The van der Waals surface area contributed by atoms with E-state index in [1.54, 1.807) is 26.1 Å². The van der Waals surface area contributed by atoms with Crippen molar-refractivity contribution in [3.8, 4) is 0 Å². The monoisotopic (exact) mass is 364 g/mol. The zero-order valence-corrected chi connectivity index (χ0v) is 15.4. The second-order valence-corrected chi connectivity index (χ2v) is 7.31. The Labute approximate surface area is 152 Å². The standard InChI is InChI=1S/C18H24N2O4S/c1-13(18(23)24)11-19(2)17(22)14-7-3-4-8-15(14)25-12-16(21)20-9-5-6-10-20/h3-4,7-8,13H,5-6,9-12H2,1-2H3,(H,23,24). The Bertz CT molecular complexity index is 644. The molecule has 1 unspecified atom stereocenters. The number of nitrogens with zero attached hydrogens (tertiary/aromatic N) is 2. The fraction of sp³-hybridized carbons (Fsp3) is 0.500. The Morgan fingerprint density at radius 2 is 1.88 bits per heavy atom. The summed E-state index contributed by atoms with van der Waals surface area (Å²) in [6.07, 6.45) is 2.11. The second-order valence-electron chi connectivity index (χ2n) is 6.30. The maximum Gasteiger partial charge on any atom is 0.308 e. The molecule has 6 nitrogen and oxygen atoms in total. The minimum atomic E-state index is -0.932. The van der Waals surface area contributed by atoms with Crippen molar-refractivity contribution in [1.29, 1.82) is 0 Å². The van der Waals surface area contributed by atoms with Crippen LogP contribution in [0.2, 0.25) is 0 Å². The van der Waals surface area contributed by atoms with Crippen LogP contribution in [0.1, 0.15) is 30.1 Å². The van der Waals surface area contributed by atoms with Crippen molar-refractivity contribution in [1.82, 2.24) is 9.80 Å². The molecule has 25 heavy (non-hydrogen) atoms. The number of rotatable bonds is 7. The largest absolute Gasteiger partial charge is 0.481 e. The molecular weight excluding hydrogens is 340 g/mol. The number of amides is 2. The smallest absolute Gasteiger partial charge is 0.308 e. The Morgan fingerprint density at radius 3 is 2.52 bits per heavy atom. The quantitative estimate of drug-likeness (QED) is 0.751. The number of likely N-dealkylation sites (tertiary alicyclic amines) is 1. The summed E-state index contributed by atoms with van der Waals surface area (Å²) >= 11 is 1.36. The number of hydrogen-bond donors (Lipinski definition) is 1. The van der Waals surface area contributed by atoms with Crippen LogP contribution < -0.4 is 0 Å². The predicted octanol–water partition coefficient (Wildman–Crippen LogP) is 2.19. The molecule has 0 spiro atoms. The van der Waals surface area contributed by atoms with Gasteiger partial charge in [0, 0.05) is 31.6 Å². The van der Waals surface area contributed by atoms with E-state index < -0.39 is 11.9 Å². The predicted molar refractivity (Wildman–Crippen MR) is 96.7 cm³/mol. The van der Waals surface area contributed by atoms with E-state index in [1.165, 1.54) is 16.7 Å². The lowest BCUT2D eigenvalue weighted by Crippen LogP contribution is -2.34. The molecule has 1 aromatic carbocycles. The normalized spacial score (nSPS) is 15.0. The average Bonchev–Trinajstić information content (AvgIpc) is 3.13. The molecule has 0 aromatic heterocycles. The van der Waals surface area contributed by atoms with Crippen molar-refractivity contribution in [3.63, 3.8) is 0 Å². The number of carboxylic acids is 1. The summed E-state index contributed by atoms with van der Waals surface area (Å²) in [5.74, 6) is -1.40. The van der Waals surface area contributed by atoms with Crippen LogP contribution in [0.5, 0.6) is 0 Å². The molecule has 2 amide bonds. The van der Waals surface area contributed by atoms with E-state index in [0.717, 1.165) is 30.8 Å². The summed E-state index contributed by atoms with van der Waals surface area (Å²) in [4.78, 5) is 39.8. The topological polar surface area (TPSA) is 77.9 Å². The summed E-state index contributed by atoms with van der Waals surface area (Å²) in [5, 5.41) is 9.00. The van der Waals surface area contributed by atoms with E-state index in [2.05, 4.69) is 0 Å². The first-order chi connectivity index (χ1) is 11.9. The van der Waals surface area contributed by atoms with Crippen LogP contribution in [0.3, 0.4) is 0 Å². The van der Waals surface area contributed by atoms with Crippen LogP contribution in [-0.2, 0) is 9.59 Å². The van der Waals surface area contributed by atoms with Gasteiger partial charge in [0.2, 0.25) is 5.91 Å². The molecule has 0 saturated carbocycles. The Balaban J connectivity index is 2.02. The highest BCUT2D eigenvalue weighted by Gasteiger charge is 2.22. The van der Waals surface area contributed by atoms with Crippen molar-refractivity contribution in [3.05, 3.63) is 29.8 Å². The van der Waals surface area contributed by atoms with Gasteiger partial charge in [0.1, 0.15) is 0 Å². The SMILES string of the molecule is CC(CN(C)C(=O)c1ccccc1SCC(=O)N1CCCC1)C(=O)O. The minimum absolute atomic E-state index is 0.0950. The summed E-state index contributed by atoms with van der Waals surface area (Å²) < 4.78 is 0. The van der Waals surface area contributed by atoms with Gasteiger partial charge in [0.25, 0.3) is 5.91 Å². The minimum Gasteiger partial charge on any atom is -0.481 e. The van der Waals surface area contributed by atoms with Crippen molar-refractivity contribution in [2.45, 2.75) is 24.7 Å². The van der Waals surface area contributed by atoms with Crippen LogP contribution >= 0.6 is 11.8 Å². The molecule has 1 aliphatic rings. The van der Waals surface area contributed by atoms with Gasteiger partial charge in [-0.05, 0) is 25.0 Å². The van der Waals surface area contributed by atoms with Crippen LogP contribution in [0.25, 0.3) is 0 Å². The third-order valence-electron chi connectivity index (χ3n) is 4.24. The number of carbonyl (C=O) groups excluding carboxylic acids is 2. The van der Waals surface area contributed by atoms with Crippen LogP contribution in [0.15, 0.2) is 29.2 Å². The zero-order valence-electron chi connectivity index (χ0n) is 14.6. The number of carboxylic acid groups (broad SMARTS) is 1. The third kappa shape index (κ3) is 5.22. The lowest BCUT2D eigenvalue weighted by Gasteiger charge is -2.21. The molecule has 1 heterocycles. The number of aliphatic carboxylic acids is 1. The number of thioether (sulfide) groups is 1. The molecule has 0 bridgehead atoms. The van der Waals surface area contributed by atoms with Crippen molar-refractivity contribution < 1.29 is 19.5 Å². The van der Waals surface area contributed by atoms with Gasteiger partial charge in [-0.25, -0.2) is 0 Å². The van der Waals surface area contributed by atoms with Crippen molar-refractivity contribution in [2.24, 2.45) is 5.92 Å². The molecule has 2 rings (SSSR count). The van der Waals surface area contributed by atoms with Gasteiger partial charge in [-0.2, -0.15) is 0 Å². The first kappa shape index (κ1) is 19.3. The molecule has 136 valence electrons. The van der Waals surface area contributed by atoms with E-state index in [1.807, 2.05) is 17.0 Å². The molecule has 1 aliphatic heterocycles.